The van der Waals surface area contributed by atoms with E-state index in [0.29, 0.717) is 0 Å². The van der Waals surface area contributed by atoms with Gasteiger partial charge in [0.2, 0.25) is 0 Å². The fraction of sp³-hybridized carbons (Fsp3) is 0.500. The van der Waals surface area contributed by atoms with Crippen LogP contribution in [-0.4, -0.2) is 16.1 Å². The molecular formula is C18H27N3. The van der Waals surface area contributed by atoms with Crippen LogP contribution in [0.4, 0.5) is 0 Å². The van der Waals surface area contributed by atoms with E-state index in [-0.39, 0.29) is 11.5 Å². The highest BCUT2D eigenvalue weighted by Crippen LogP contribution is 2.32. The summed E-state index contributed by atoms with van der Waals surface area (Å²) < 4.78 is 2.10. The number of nitrogens with one attached hydrogen (secondary N) is 1. The van der Waals surface area contributed by atoms with E-state index >= 15 is 0 Å². The Kier molecular flexibility index (Phi) is 4.84. The molecule has 0 amide bonds. The molecule has 1 unspecified atom stereocenters. The second-order valence-electron chi connectivity index (χ2n) is 6.62. The average Bonchev–Trinajstić information content (AvgIpc) is 2.85. The third-order valence-electron chi connectivity index (χ3n) is 3.79. The molecule has 0 saturated carbocycles. The van der Waals surface area contributed by atoms with E-state index in [2.05, 4.69) is 73.9 Å². The van der Waals surface area contributed by atoms with Crippen molar-refractivity contribution in [3.05, 3.63) is 53.6 Å². The van der Waals surface area contributed by atoms with Gasteiger partial charge in [-0.2, -0.15) is 0 Å². The van der Waals surface area contributed by atoms with Gasteiger partial charge in [-0.05, 0) is 29.5 Å². The molecule has 2 rings (SSSR count). The maximum Gasteiger partial charge on any atom is 0.130 e. The van der Waals surface area contributed by atoms with Gasteiger partial charge in [-0.3, -0.25) is 0 Å². The van der Waals surface area contributed by atoms with Crippen LogP contribution in [0.1, 0.15) is 57.1 Å². The predicted molar refractivity (Wildman–Crippen MR) is 88.5 cm³/mol. The number of benzene rings is 1. The molecule has 0 aliphatic carbocycles. The van der Waals surface area contributed by atoms with Gasteiger partial charge in [-0.25, -0.2) is 4.98 Å². The first-order valence-corrected chi connectivity index (χ1v) is 7.75. The van der Waals surface area contributed by atoms with Crippen molar-refractivity contribution in [2.24, 2.45) is 7.05 Å². The maximum atomic E-state index is 4.57. The standard InChI is InChI=1S/C18H27N3/c1-6-11-19-16(17-20-12-13-21(17)5)14-9-7-8-10-15(14)18(2,3)4/h7-10,12-13,16,19H,6,11H2,1-5H3. The van der Waals surface area contributed by atoms with Gasteiger partial charge in [0.1, 0.15) is 5.82 Å². The van der Waals surface area contributed by atoms with Crippen molar-refractivity contribution < 1.29 is 0 Å². The molecule has 3 nitrogen and oxygen atoms in total. The fourth-order valence-corrected chi connectivity index (χ4v) is 2.72. The third kappa shape index (κ3) is 3.53. The van der Waals surface area contributed by atoms with Gasteiger partial charge in [-0.15, -0.1) is 0 Å². The Morgan fingerprint density at radius 1 is 1.24 bits per heavy atom. The first-order chi connectivity index (χ1) is 9.95. The summed E-state index contributed by atoms with van der Waals surface area (Å²) in [4.78, 5) is 4.57. The van der Waals surface area contributed by atoms with Crippen LogP contribution in [0.15, 0.2) is 36.7 Å². The summed E-state index contributed by atoms with van der Waals surface area (Å²) in [6.07, 6.45) is 4.99. The molecule has 1 heterocycles. The zero-order valence-electron chi connectivity index (χ0n) is 13.9. The number of imidazole rings is 1. The van der Waals surface area contributed by atoms with Gasteiger partial charge in [0.15, 0.2) is 0 Å². The minimum absolute atomic E-state index is 0.119. The molecule has 114 valence electrons. The number of hydrogen-bond donors (Lipinski definition) is 1. The Morgan fingerprint density at radius 2 is 1.95 bits per heavy atom. The smallest absolute Gasteiger partial charge is 0.130 e. The fourth-order valence-electron chi connectivity index (χ4n) is 2.72. The first kappa shape index (κ1) is 15.8. The normalized spacial score (nSPS) is 13.4. The number of rotatable bonds is 5. The van der Waals surface area contributed by atoms with Gasteiger partial charge in [-0.1, -0.05) is 52.0 Å². The Morgan fingerprint density at radius 3 is 2.52 bits per heavy atom. The topological polar surface area (TPSA) is 29.9 Å². The molecular weight excluding hydrogens is 258 g/mol. The van der Waals surface area contributed by atoms with Crippen molar-refractivity contribution in [2.75, 3.05) is 6.54 Å². The molecule has 3 heteroatoms. The van der Waals surface area contributed by atoms with Gasteiger partial charge in [0, 0.05) is 19.4 Å². The SMILES string of the molecule is CCCNC(c1ccccc1C(C)(C)C)c1nccn1C. The second-order valence-corrected chi connectivity index (χ2v) is 6.62. The van der Waals surface area contributed by atoms with Crippen molar-refractivity contribution in [2.45, 2.75) is 45.6 Å². The Balaban J connectivity index is 2.50. The largest absolute Gasteiger partial charge is 0.336 e. The van der Waals surface area contributed by atoms with Crippen LogP contribution >= 0.6 is 0 Å². The van der Waals surface area contributed by atoms with E-state index in [4.69, 9.17) is 0 Å². The van der Waals surface area contributed by atoms with E-state index in [1.165, 1.54) is 11.1 Å². The van der Waals surface area contributed by atoms with E-state index in [1.807, 2.05) is 12.4 Å². The number of aromatic nitrogens is 2. The molecule has 0 fully saturated rings. The Labute approximate surface area is 128 Å². The van der Waals surface area contributed by atoms with Crippen molar-refractivity contribution in [1.29, 1.82) is 0 Å². The summed E-state index contributed by atoms with van der Waals surface area (Å²) in [7, 11) is 2.06. The molecule has 1 atom stereocenters. The van der Waals surface area contributed by atoms with Crippen LogP contribution in [0.2, 0.25) is 0 Å². The maximum absolute atomic E-state index is 4.57. The zero-order chi connectivity index (χ0) is 15.5. The van der Waals surface area contributed by atoms with Crippen molar-refractivity contribution in [3.63, 3.8) is 0 Å². The van der Waals surface area contributed by atoms with Gasteiger partial charge < -0.3 is 9.88 Å². The van der Waals surface area contributed by atoms with Crippen LogP contribution in [0.25, 0.3) is 0 Å². The Hall–Kier alpha value is -1.61. The molecule has 0 aliphatic rings. The van der Waals surface area contributed by atoms with E-state index in [9.17, 15) is 0 Å². The number of nitrogens with zero attached hydrogens (tertiary/aromatic N) is 2. The average molecular weight is 285 g/mol. The summed E-state index contributed by atoms with van der Waals surface area (Å²) in [5, 5.41) is 3.66. The summed E-state index contributed by atoms with van der Waals surface area (Å²) >= 11 is 0. The van der Waals surface area contributed by atoms with Crippen LogP contribution in [-0.2, 0) is 12.5 Å². The Bertz CT molecular complexity index is 578. The summed E-state index contributed by atoms with van der Waals surface area (Å²) in [5.41, 5.74) is 2.82. The quantitative estimate of drug-likeness (QED) is 0.905. The van der Waals surface area contributed by atoms with Gasteiger partial charge in [0.05, 0.1) is 6.04 Å². The molecule has 1 N–H and O–H groups in total. The molecule has 0 bridgehead atoms. The highest BCUT2D eigenvalue weighted by Gasteiger charge is 2.25. The molecule has 0 aliphatic heterocycles. The summed E-state index contributed by atoms with van der Waals surface area (Å²) in [6.45, 7) is 9.97. The number of hydrogen-bond acceptors (Lipinski definition) is 2. The summed E-state index contributed by atoms with van der Waals surface area (Å²) in [6, 6.07) is 8.84. The molecule has 0 saturated heterocycles. The molecule has 0 spiro atoms. The van der Waals surface area contributed by atoms with Gasteiger partial charge >= 0.3 is 0 Å². The van der Waals surface area contributed by atoms with Crippen LogP contribution in [0, 0.1) is 0 Å². The van der Waals surface area contributed by atoms with E-state index in [1.54, 1.807) is 0 Å². The van der Waals surface area contributed by atoms with Crippen LogP contribution in [0.3, 0.4) is 0 Å². The second kappa shape index (κ2) is 6.44. The lowest BCUT2D eigenvalue weighted by atomic mass is 9.81. The highest BCUT2D eigenvalue weighted by atomic mass is 15.1. The minimum atomic E-state index is 0.119. The molecule has 1 aromatic carbocycles. The zero-order valence-corrected chi connectivity index (χ0v) is 13.9. The molecule has 2 aromatic rings. The van der Waals surface area contributed by atoms with Crippen LogP contribution < -0.4 is 5.32 Å². The lowest BCUT2D eigenvalue weighted by Crippen LogP contribution is -2.28. The van der Waals surface area contributed by atoms with Crippen LogP contribution in [0.5, 0.6) is 0 Å². The molecule has 1 aromatic heterocycles. The minimum Gasteiger partial charge on any atom is -0.336 e. The first-order valence-electron chi connectivity index (χ1n) is 7.75. The molecule has 21 heavy (non-hydrogen) atoms. The lowest BCUT2D eigenvalue weighted by Gasteiger charge is -2.28. The lowest BCUT2D eigenvalue weighted by molar-refractivity contribution is 0.526. The monoisotopic (exact) mass is 285 g/mol. The predicted octanol–water partition coefficient (Wildman–Crippen LogP) is 3.81. The van der Waals surface area contributed by atoms with Gasteiger partial charge in [0.25, 0.3) is 0 Å². The van der Waals surface area contributed by atoms with Crippen molar-refractivity contribution >= 4 is 0 Å². The highest BCUT2D eigenvalue weighted by molar-refractivity contribution is 5.38. The van der Waals surface area contributed by atoms with Crippen molar-refractivity contribution in [1.82, 2.24) is 14.9 Å². The van der Waals surface area contributed by atoms with Crippen molar-refractivity contribution in [3.8, 4) is 0 Å². The summed E-state index contributed by atoms with van der Waals surface area (Å²) in [5.74, 6) is 1.07. The molecule has 0 radical (unpaired) electrons. The van der Waals surface area contributed by atoms with E-state index < -0.39 is 0 Å². The third-order valence-corrected chi connectivity index (χ3v) is 3.79. The number of aryl methyl sites for hydroxylation is 1. The van der Waals surface area contributed by atoms with E-state index in [0.717, 1.165) is 18.8 Å².